The van der Waals surface area contributed by atoms with Crippen LogP contribution in [0.2, 0.25) is 0 Å². The number of anilines is 1. The summed E-state index contributed by atoms with van der Waals surface area (Å²) in [6.45, 7) is 0.161. The van der Waals surface area contributed by atoms with Crippen molar-refractivity contribution in [1.29, 1.82) is 0 Å². The van der Waals surface area contributed by atoms with Crippen LogP contribution in [0.5, 0.6) is 11.5 Å². The lowest BCUT2D eigenvalue weighted by Crippen LogP contribution is -2.26. The Bertz CT molecular complexity index is 728. The predicted molar refractivity (Wildman–Crippen MR) is 74.6 cm³/mol. The summed E-state index contributed by atoms with van der Waals surface area (Å²) < 4.78 is 36.7. The van der Waals surface area contributed by atoms with Crippen molar-refractivity contribution in [1.82, 2.24) is 0 Å². The van der Waals surface area contributed by atoms with E-state index < -0.39 is 10.0 Å². The summed E-state index contributed by atoms with van der Waals surface area (Å²) in [5.41, 5.74) is 0.526. The number of nitrogens with zero attached hydrogens (tertiary/aromatic N) is 1. The standard InChI is InChI=1S/C14H13NO4S/c1-15(20(16,17)12-5-3-2-4-6-12)11-7-8-13-14(9-11)19-10-18-13/h2-9H,10H2,1H3. The summed E-state index contributed by atoms with van der Waals surface area (Å²) in [5.74, 6) is 1.18. The zero-order valence-electron chi connectivity index (χ0n) is 10.8. The van der Waals surface area contributed by atoms with E-state index in [-0.39, 0.29) is 11.7 Å². The SMILES string of the molecule is CN(c1ccc2c(c1)OCO2)S(=O)(=O)c1ccccc1. The number of benzene rings is 2. The van der Waals surface area contributed by atoms with Gasteiger partial charge in [0.2, 0.25) is 6.79 Å². The molecule has 0 bridgehead atoms. The van der Waals surface area contributed by atoms with Crippen LogP contribution >= 0.6 is 0 Å². The lowest BCUT2D eigenvalue weighted by atomic mass is 10.3. The summed E-state index contributed by atoms with van der Waals surface area (Å²) in [4.78, 5) is 0.250. The fourth-order valence-electron chi connectivity index (χ4n) is 1.97. The van der Waals surface area contributed by atoms with Gasteiger partial charge in [-0.15, -0.1) is 0 Å². The topological polar surface area (TPSA) is 55.8 Å². The Hall–Kier alpha value is -2.21. The van der Waals surface area contributed by atoms with Crippen LogP contribution in [-0.4, -0.2) is 22.3 Å². The number of hydrogen-bond acceptors (Lipinski definition) is 4. The first-order valence-corrected chi connectivity index (χ1v) is 7.47. The largest absolute Gasteiger partial charge is 0.454 e. The third-order valence-electron chi connectivity index (χ3n) is 3.12. The molecule has 3 rings (SSSR count). The second kappa shape index (κ2) is 4.72. The molecular formula is C14H13NO4S. The van der Waals surface area contributed by atoms with E-state index in [0.717, 1.165) is 0 Å². The highest BCUT2D eigenvalue weighted by Gasteiger charge is 2.23. The van der Waals surface area contributed by atoms with Crippen molar-refractivity contribution in [2.75, 3.05) is 18.1 Å². The van der Waals surface area contributed by atoms with Crippen molar-refractivity contribution in [3.05, 3.63) is 48.5 Å². The second-order valence-electron chi connectivity index (χ2n) is 4.32. The summed E-state index contributed by atoms with van der Waals surface area (Å²) >= 11 is 0. The maximum Gasteiger partial charge on any atom is 0.264 e. The first kappa shape index (κ1) is 12.8. The summed E-state index contributed by atoms with van der Waals surface area (Å²) in [5, 5.41) is 0. The number of hydrogen-bond donors (Lipinski definition) is 0. The molecule has 0 saturated carbocycles. The van der Waals surface area contributed by atoms with E-state index in [9.17, 15) is 8.42 Å². The van der Waals surface area contributed by atoms with Crippen LogP contribution < -0.4 is 13.8 Å². The zero-order valence-corrected chi connectivity index (χ0v) is 11.6. The molecule has 5 nitrogen and oxygen atoms in total. The van der Waals surface area contributed by atoms with Gasteiger partial charge in [0.15, 0.2) is 11.5 Å². The highest BCUT2D eigenvalue weighted by atomic mass is 32.2. The van der Waals surface area contributed by atoms with E-state index in [1.54, 1.807) is 48.5 Å². The molecule has 1 aliphatic heterocycles. The van der Waals surface area contributed by atoms with Crippen molar-refractivity contribution in [3.63, 3.8) is 0 Å². The number of fused-ring (bicyclic) bond motifs is 1. The Kier molecular flexibility index (Phi) is 3.02. The Balaban J connectivity index is 1.98. The van der Waals surface area contributed by atoms with Crippen LogP contribution in [0.4, 0.5) is 5.69 Å². The molecule has 0 unspecified atom stereocenters. The van der Waals surface area contributed by atoms with Gasteiger partial charge in [0.05, 0.1) is 10.6 Å². The molecule has 20 heavy (non-hydrogen) atoms. The Morgan fingerprint density at radius 1 is 1.00 bits per heavy atom. The molecule has 0 fully saturated rings. The number of ether oxygens (including phenoxy) is 2. The fourth-order valence-corrected chi connectivity index (χ4v) is 3.18. The van der Waals surface area contributed by atoms with Crippen LogP contribution in [0.1, 0.15) is 0 Å². The van der Waals surface area contributed by atoms with Gasteiger partial charge in [-0.25, -0.2) is 8.42 Å². The second-order valence-corrected chi connectivity index (χ2v) is 6.29. The lowest BCUT2D eigenvalue weighted by Gasteiger charge is -2.19. The minimum Gasteiger partial charge on any atom is -0.454 e. The van der Waals surface area contributed by atoms with Gasteiger partial charge in [0.1, 0.15) is 0 Å². The van der Waals surface area contributed by atoms with Crippen LogP contribution in [-0.2, 0) is 10.0 Å². The minimum atomic E-state index is -3.57. The Morgan fingerprint density at radius 2 is 1.70 bits per heavy atom. The van der Waals surface area contributed by atoms with Gasteiger partial charge in [-0.3, -0.25) is 4.31 Å². The summed E-state index contributed by atoms with van der Waals surface area (Å²) in [6, 6.07) is 13.4. The van der Waals surface area contributed by atoms with Gasteiger partial charge in [-0.05, 0) is 24.3 Å². The molecule has 1 aliphatic rings. The molecule has 0 spiro atoms. The van der Waals surface area contributed by atoms with E-state index >= 15 is 0 Å². The highest BCUT2D eigenvalue weighted by molar-refractivity contribution is 7.92. The van der Waals surface area contributed by atoms with Crippen LogP contribution in [0.25, 0.3) is 0 Å². The first-order valence-electron chi connectivity index (χ1n) is 6.03. The first-order chi connectivity index (χ1) is 9.59. The fraction of sp³-hybridized carbons (Fsp3) is 0.143. The summed E-state index contributed by atoms with van der Waals surface area (Å²) in [7, 11) is -2.06. The molecule has 0 saturated heterocycles. The van der Waals surface area contributed by atoms with Gasteiger partial charge in [-0.1, -0.05) is 18.2 Å². The van der Waals surface area contributed by atoms with E-state index in [1.807, 2.05) is 0 Å². The highest BCUT2D eigenvalue weighted by Crippen LogP contribution is 2.36. The predicted octanol–water partition coefficient (Wildman–Crippen LogP) is 2.24. The molecule has 0 aliphatic carbocycles. The third kappa shape index (κ3) is 2.08. The molecule has 104 valence electrons. The molecule has 6 heteroatoms. The van der Waals surface area contributed by atoms with Gasteiger partial charge >= 0.3 is 0 Å². The van der Waals surface area contributed by atoms with Crippen molar-refractivity contribution in [3.8, 4) is 11.5 Å². The van der Waals surface area contributed by atoms with Gasteiger partial charge < -0.3 is 9.47 Å². The van der Waals surface area contributed by atoms with Gasteiger partial charge in [-0.2, -0.15) is 0 Å². The molecule has 0 N–H and O–H groups in total. The van der Waals surface area contributed by atoms with E-state index in [1.165, 1.54) is 11.4 Å². The number of sulfonamides is 1. The molecule has 1 heterocycles. The van der Waals surface area contributed by atoms with Gasteiger partial charge in [0.25, 0.3) is 10.0 Å². The van der Waals surface area contributed by atoms with Crippen LogP contribution in [0, 0.1) is 0 Å². The minimum absolute atomic E-state index is 0.161. The van der Waals surface area contributed by atoms with E-state index in [2.05, 4.69) is 0 Å². The average Bonchev–Trinajstić information content (AvgIpc) is 2.94. The normalized spacial score (nSPS) is 13.2. The smallest absolute Gasteiger partial charge is 0.264 e. The monoisotopic (exact) mass is 291 g/mol. The molecule has 0 aromatic heterocycles. The zero-order chi connectivity index (χ0) is 14.2. The van der Waals surface area contributed by atoms with Crippen molar-refractivity contribution in [2.45, 2.75) is 4.90 Å². The molecule has 0 radical (unpaired) electrons. The summed E-state index contributed by atoms with van der Waals surface area (Å²) in [6.07, 6.45) is 0. The Labute approximate surface area is 117 Å². The van der Waals surface area contributed by atoms with Gasteiger partial charge in [0, 0.05) is 13.1 Å². The molecule has 2 aromatic carbocycles. The molecule has 2 aromatic rings. The average molecular weight is 291 g/mol. The van der Waals surface area contributed by atoms with E-state index in [0.29, 0.717) is 17.2 Å². The lowest BCUT2D eigenvalue weighted by molar-refractivity contribution is 0.174. The molecule has 0 amide bonds. The molecular weight excluding hydrogens is 278 g/mol. The Morgan fingerprint density at radius 3 is 2.45 bits per heavy atom. The molecule has 0 atom stereocenters. The van der Waals surface area contributed by atoms with Crippen molar-refractivity contribution < 1.29 is 17.9 Å². The van der Waals surface area contributed by atoms with Crippen molar-refractivity contribution in [2.24, 2.45) is 0 Å². The number of rotatable bonds is 3. The van der Waals surface area contributed by atoms with E-state index in [4.69, 9.17) is 9.47 Å². The third-order valence-corrected chi connectivity index (χ3v) is 4.92. The van der Waals surface area contributed by atoms with Crippen molar-refractivity contribution >= 4 is 15.7 Å². The van der Waals surface area contributed by atoms with Crippen LogP contribution in [0.15, 0.2) is 53.4 Å². The van der Waals surface area contributed by atoms with Crippen LogP contribution in [0.3, 0.4) is 0 Å². The maximum atomic E-state index is 12.5. The quantitative estimate of drug-likeness (QED) is 0.870. The maximum absolute atomic E-state index is 12.5.